The fourth-order valence-electron chi connectivity index (χ4n) is 3.84. The van der Waals surface area contributed by atoms with E-state index in [0.29, 0.717) is 21.7 Å². The number of amides is 1. The second-order valence-corrected chi connectivity index (χ2v) is 8.74. The van der Waals surface area contributed by atoms with Crippen LogP contribution in [0.2, 0.25) is 10.0 Å². The number of anilines is 3. The Morgan fingerprint density at radius 1 is 1.21 bits per heavy atom. The number of aromatic amines is 1. The number of H-pyrrole nitrogens is 1. The lowest BCUT2D eigenvalue weighted by Crippen LogP contribution is -2.39. The number of fused-ring (bicyclic) bond motifs is 2. The summed E-state index contributed by atoms with van der Waals surface area (Å²) < 4.78 is 5.77. The number of nitrogens with one attached hydrogen (secondary N) is 2. The Morgan fingerprint density at radius 3 is 2.76 bits per heavy atom. The summed E-state index contributed by atoms with van der Waals surface area (Å²) in [4.78, 5) is 28.5. The number of carbonyl (C=O) groups is 1. The molecule has 0 atom stereocenters. The highest BCUT2D eigenvalue weighted by Gasteiger charge is 2.31. The summed E-state index contributed by atoms with van der Waals surface area (Å²) in [5.74, 6) is 0.192. The number of hydrogen-bond acceptors (Lipinski definition) is 6. The standard InChI is InChI=1S/C23H20Cl2N6O2/c1-30(2)11-13-8-14(9-19-15(13)6-7-26-19)28-23-27-10-16-21(29-23)33-12-31(22(16)32)20-17(24)4-3-5-18(20)25/h3-10,26H,11-12H2,1-2H3,(H,27,28,29). The molecule has 2 aromatic heterocycles. The van der Waals surface area contributed by atoms with Crippen molar-refractivity contribution < 1.29 is 9.53 Å². The molecule has 0 saturated carbocycles. The molecule has 2 N–H and O–H groups in total. The molecular weight excluding hydrogens is 463 g/mol. The van der Waals surface area contributed by atoms with Crippen molar-refractivity contribution >= 4 is 57.3 Å². The summed E-state index contributed by atoms with van der Waals surface area (Å²) in [5, 5.41) is 5.09. The van der Waals surface area contributed by atoms with Crippen LogP contribution in [0.4, 0.5) is 17.3 Å². The number of para-hydroxylation sites is 1. The van der Waals surface area contributed by atoms with Crippen LogP contribution in [0.25, 0.3) is 10.9 Å². The van der Waals surface area contributed by atoms with E-state index in [0.717, 1.165) is 28.7 Å². The van der Waals surface area contributed by atoms with Gasteiger partial charge in [0.05, 0.1) is 15.7 Å². The van der Waals surface area contributed by atoms with Gasteiger partial charge < -0.3 is 19.9 Å². The topological polar surface area (TPSA) is 86.4 Å². The number of nitrogens with zero attached hydrogens (tertiary/aromatic N) is 4. The van der Waals surface area contributed by atoms with Gasteiger partial charge in [-0.2, -0.15) is 4.98 Å². The van der Waals surface area contributed by atoms with E-state index in [-0.39, 0.29) is 24.1 Å². The molecule has 168 valence electrons. The van der Waals surface area contributed by atoms with Gasteiger partial charge in [0.1, 0.15) is 5.56 Å². The zero-order chi connectivity index (χ0) is 23.1. The highest BCUT2D eigenvalue weighted by molar-refractivity contribution is 6.40. The Labute approximate surface area is 200 Å². The first-order valence-electron chi connectivity index (χ1n) is 10.2. The van der Waals surface area contributed by atoms with Crippen molar-refractivity contribution in [3.05, 3.63) is 70.0 Å². The molecule has 10 heteroatoms. The van der Waals surface area contributed by atoms with Gasteiger partial charge in [0.15, 0.2) is 6.73 Å². The molecule has 0 fully saturated rings. The lowest BCUT2D eigenvalue weighted by Gasteiger charge is -2.29. The Morgan fingerprint density at radius 2 is 2.00 bits per heavy atom. The predicted molar refractivity (Wildman–Crippen MR) is 130 cm³/mol. The van der Waals surface area contributed by atoms with Crippen molar-refractivity contribution in [1.29, 1.82) is 0 Å². The molecule has 4 aromatic rings. The molecule has 0 radical (unpaired) electrons. The fraction of sp³-hybridized carbons (Fsp3) is 0.174. The molecule has 1 aliphatic heterocycles. The first kappa shape index (κ1) is 21.5. The third-order valence-corrected chi connectivity index (χ3v) is 5.87. The Balaban J connectivity index is 1.43. The average Bonchev–Trinajstić information content (AvgIpc) is 3.24. The SMILES string of the molecule is CN(C)Cc1cc(Nc2ncc3c(n2)OCN(c2c(Cl)cccc2Cl)C3=O)cc2[nH]ccc12. The molecule has 1 amide bonds. The van der Waals surface area contributed by atoms with Crippen molar-refractivity contribution in [1.82, 2.24) is 19.9 Å². The van der Waals surface area contributed by atoms with Gasteiger partial charge in [-0.3, -0.25) is 9.69 Å². The molecule has 0 aliphatic carbocycles. The molecule has 0 saturated heterocycles. The van der Waals surface area contributed by atoms with Crippen molar-refractivity contribution in [3.8, 4) is 5.88 Å². The van der Waals surface area contributed by atoms with Crippen molar-refractivity contribution in [3.63, 3.8) is 0 Å². The molecule has 8 nitrogen and oxygen atoms in total. The summed E-state index contributed by atoms with van der Waals surface area (Å²) in [5.41, 5.74) is 3.63. The number of ether oxygens (including phenoxy) is 1. The van der Waals surface area contributed by atoms with Crippen LogP contribution in [0.3, 0.4) is 0 Å². The Bertz CT molecular complexity index is 1350. The molecule has 0 unspecified atom stereocenters. The van der Waals surface area contributed by atoms with Crippen LogP contribution in [0.1, 0.15) is 15.9 Å². The molecule has 0 bridgehead atoms. The van der Waals surface area contributed by atoms with Crippen LogP contribution in [-0.4, -0.2) is 46.6 Å². The molecule has 0 spiro atoms. The Kier molecular flexibility index (Phi) is 5.57. The lowest BCUT2D eigenvalue weighted by atomic mass is 10.1. The van der Waals surface area contributed by atoms with Gasteiger partial charge in [-0.05, 0) is 50.0 Å². The highest BCUT2D eigenvalue weighted by atomic mass is 35.5. The quantitative estimate of drug-likeness (QED) is 0.413. The number of halogens is 2. The third kappa shape index (κ3) is 4.08. The fourth-order valence-corrected chi connectivity index (χ4v) is 4.44. The van der Waals surface area contributed by atoms with Crippen molar-refractivity contribution in [2.45, 2.75) is 6.54 Å². The summed E-state index contributed by atoms with van der Waals surface area (Å²) in [7, 11) is 4.05. The van der Waals surface area contributed by atoms with Crippen LogP contribution in [0.5, 0.6) is 5.88 Å². The van der Waals surface area contributed by atoms with E-state index >= 15 is 0 Å². The molecule has 33 heavy (non-hydrogen) atoms. The van der Waals surface area contributed by atoms with Crippen LogP contribution in [0.15, 0.2) is 48.8 Å². The van der Waals surface area contributed by atoms with Crippen LogP contribution in [0, 0.1) is 0 Å². The lowest BCUT2D eigenvalue weighted by molar-refractivity contribution is 0.0932. The number of aromatic nitrogens is 3. The summed E-state index contributed by atoms with van der Waals surface area (Å²) in [6.45, 7) is 0.722. The maximum Gasteiger partial charge on any atom is 0.268 e. The molecule has 2 aromatic carbocycles. The van der Waals surface area contributed by atoms with E-state index in [9.17, 15) is 4.79 Å². The minimum Gasteiger partial charge on any atom is -0.455 e. The van der Waals surface area contributed by atoms with Crippen molar-refractivity contribution in [2.75, 3.05) is 31.0 Å². The van der Waals surface area contributed by atoms with Gasteiger partial charge in [-0.1, -0.05) is 29.3 Å². The number of carbonyl (C=O) groups excluding carboxylic acids is 1. The first-order valence-corrected chi connectivity index (χ1v) is 10.9. The zero-order valence-electron chi connectivity index (χ0n) is 17.9. The largest absolute Gasteiger partial charge is 0.455 e. The Hall–Kier alpha value is -3.33. The van der Waals surface area contributed by atoms with Crippen LogP contribution in [-0.2, 0) is 6.54 Å². The average molecular weight is 483 g/mol. The zero-order valence-corrected chi connectivity index (χ0v) is 19.4. The van der Waals surface area contributed by atoms with Crippen LogP contribution < -0.4 is 15.0 Å². The minimum atomic E-state index is -0.334. The predicted octanol–water partition coefficient (Wildman–Crippen LogP) is 5.07. The second kappa shape index (κ2) is 8.55. The summed E-state index contributed by atoms with van der Waals surface area (Å²) in [6, 6.07) is 11.2. The van der Waals surface area contributed by atoms with Gasteiger partial charge in [0.25, 0.3) is 5.91 Å². The first-order chi connectivity index (χ1) is 15.9. The van der Waals surface area contributed by atoms with Crippen LogP contribution >= 0.6 is 23.2 Å². The molecule has 3 heterocycles. The molecule has 1 aliphatic rings. The van der Waals surface area contributed by atoms with Gasteiger partial charge >= 0.3 is 0 Å². The van der Waals surface area contributed by atoms with Gasteiger partial charge in [-0.15, -0.1) is 0 Å². The maximum atomic E-state index is 13.1. The van der Waals surface area contributed by atoms with Gasteiger partial charge in [0, 0.05) is 35.5 Å². The van der Waals surface area contributed by atoms with E-state index in [2.05, 4.69) is 37.3 Å². The number of hydrogen-bond donors (Lipinski definition) is 2. The number of benzene rings is 2. The highest BCUT2D eigenvalue weighted by Crippen LogP contribution is 2.37. The molecular formula is C23H20Cl2N6O2. The van der Waals surface area contributed by atoms with E-state index in [1.165, 1.54) is 11.1 Å². The maximum absolute atomic E-state index is 13.1. The summed E-state index contributed by atoms with van der Waals surface area (Å²) in [6.07, 6.45) is 3.36. The van der Waals surface area contributed by atoms with E-state index in [1.54, 1.807) is 18.2 Å². The minimum absolute atomic E-state index is 0.0623. The van der Waals surface area contributed by atoms with Crippen molar-refractivity contribution in [2.24, 2.45) is 0 Å². The van der Waals surface area contributed by atoms with E-state index in [1.807, 2.05) is 26.4 Å². The normalized spacial score (nSPS) is 13.4. The van der Waals surface area contributed by atoms with E-state index < -0.39 is 0 Å². The monoisotopic (exact) mass is 482 g/mol. The third-order valence-electron chi connectivity index (χ3n) is 5.26. The smallest absolute Gasteiger partial charge is 0.268 e. The van der Waals surface area contributed by atoms with E-state index in [4.69, 9.17) is 27.9 Å². The number of rotatable bonds is 5. The van der Waals surface area contributed by atoms with Gasteiger partial charge in [0.2, 0.25) is 11.8 Å². The summed E-state index contributed by atoms with van der Waals surface area (Å²) >= 11 is 12.5. The van der Waals surface area contributed by atoms with Gasteiger partial charge in [-0.25, -0.2) is 4.98 Å². The molecule has 5 rings (SSSR count). The second-order valence-electron chi connectivity index (χ2n) is 7.93.